The van der Waals surface area contributed by atoms with Crippen LogP contribution in [0.5, 0.6) is 0 Å². The number of aliphatic hydroxyl groups is 2. The predicted molar refractivity (Wildman–Crippen MR) is 58.2 cm³/mol. The summed E-state index contributed by atoms with van der Waals surface area (Å²) in [4.78, 5) is 0. The van der Waals surface area contributed by atoms with Crippen molar-refractivity contribution in [3.63, 3.8) is 0 Å². The summed E-state index contributed by atoms with van der Waals surface area (Å²) in [5, 5.41) is 21.4. The second kappa shape index (κ2) is 7.62. The number of nitrogens with one attached hydrogen (secondary N) is 1. The van der Waals surface area contributed by atoms with Gasteiger partial charge in [0.25, 0.3) is 0 Å². The van der Waals surface area contributed by atoms with Gasteiger partial charge in [0.15, 0.2) is 0 Å². The van der Waals surface area contributed by atoms with Crippen LogP contribution < -0.4 is 5.32 Å². The third-order valence-corrected chi connectivity index (χ3v) is 2.63. The van der Waals surface area contributed by atoms with Crippen LogP contribution >= 0.6 is 11.8 Å². The molecule has 0 fully saturated rings. The average Bonchev–Trinajstić information content (AvgIpc) is 2.04. The summed E-state index contributed by atoms with van der Waals surface area (Å²) in [6.07, 6.45) is 3.78. The lowest BCUT2D eigenvalue weighted by Crippen LogP contribution is -2.40. The standard InChI is InChI=1S/C9H21NO2S/c1-9(12,8-13-2)7-10-5-3-4-6-11/h10-12H,3-8H2,1-2H3. The lowest BCUT2D eigenvalue weighted by atomic mass is 10.1. The molecule has 3 N–H and O–H groups in total. The Hall–Kier alpha value is 0.230. The molecule has 0 aromatic heterocycles. The van der Waals surface area contributed by atoms with E-state index < -0.39 is 5.60 Å². The molecule has 80 valence electrons. The molecule has 0 aromatic rings. The van der Waals surface area contributed by atoms with E-state index in [1.165, 1.54) is 0 Å². The zero-order chi connectivity index (χ0) is 10.2. The minimum Gasteiger partial charge on any atom is -0.396 e. The molecule has 0 saturated heterocycles. The van der Waals surface area contributed by atoms with Gasteiger partial charge in [0, 0.05) is 18.9 Å². The normalized spacial score (nSPS) is 15.7. The number of unbranched alkanes of at least 4 members (excludes halogenated alkanes) is 1. The van der Waals surface area contributed by atoms with Crippen LogP contribution in [0.2, 0.25) is 0 Å². The Morgan fingerprint density at radius 3 is 2.62 bits per heavy atom. The van der Waals surface area contributed by atoms with Crippen LogP contribution in [0, 0.1) is 0 Å². The van der Waals surface area contributed by atoms with Crippen molar-refractivity contribution in [2.75, 3.05) is 31.7 Å². The first kappa shape index (κ1) is 13.2. The Balaban J connectivity index is 3.29. The lowest BCUT2D eigenvalue weighted by Gasteiger charge is -2.22. The first-order chi connectivity index (χ1) is 6.12. The SMILES string of the molecule is CSCC(C)(O)CNCCCCO. The van der Waals surface area contributed by atoms with E-state index in [-0.39, 0.29) is 6.61 Å². The monoisotopic (exact) mass is 207 g/mol. The molecule has 0 aromatic carbocycles. The molecule has 0 aliphatic heterocycles. The van der Waals surface area contributed by atoms with E-state index in [0.717, 1.165) is 25.1 Å². The molecule has 3 nitrogen and oxygen atoms in total. The van der Waals surface area contributed by atoms with Crippen molar-refractivity contribution in [3.05, 3.63) is 0 Å². The van der Waals surface area contributed by atoms with Gasteiger partial charge < -0.3 is 15.5 Å². The second-order valence-corrected chi connectivity index (χ2v) is 4.40. The molecule has 0 saturated carbocycles. The molecule has 1 atom stereocenters. The largest absolute Gasteiger partial charge is 0.396 e. The minimum atomic E-state index is -0.612. The zero-order valence-electron chi connectivity index (χ0n) is 8.55. The van der Waals surface area contributed by atoms with Crippen LogP contribution in [0.4, 0.5) is 0 Å². The van der Waals surface area contributed by atoms with Crippen molar-refractivity contribution in [2.24, 2.45) is 0 Å². The van der Waals surface area contributed by atoms with Gasteiger partial charge in [-0.3, -0.25) is 0 Å². The number of aliphatic hydroxyl groups excluding tert-OH is 1. The maximum atomic E-state index is 9.74. The molecule has 0 aliphatic rings. The molecule has 13 heavy (non-hydrogen) atoms. The second-order valence-electron chi connectivity index (χ2n) is 3.54. The Bertz CT molecular complexity index is 120. The quantitative estimate of drug-likeness (QED) is 0.506. The zero-order valence-corrected chi connectivity index (χ0v) is 9.36. The van der Waals surface area contributed by atoms with Gasteiger partial charge >= 0.3 is 0 Å². The van der Waals surface area contributed by atoms with E-state index in [0.29, 0.717) is 6.54 Å². The highest BCUT2D eigenvalue weighted by Gasteiger charge is 2.18. The first-order valence-electron chi connectivity index (χ1n) is 4.65. The molecule has 0 rings (SSSR count). The predicted octanol–water partition coefficient (Wildman–Crippen LogP) is 0.462. The van der Waals surface area contributed by atoms with Crippen LogP contribution in [-0.4, -0.2) is 47.5 Å². The van der Waals surface area contributed by atoms with Gasteiger partial charge in [-0.25, -0.2) is 0 Å². The number of hydrogen-bond acceptors (Lipinski definition) is 4. The number of hydrogen-bond donors (Lipinski definition) is 3. The lowest BCUT2D eigenvalue weighted by molar-refractivity contribution is 0.0849. The Morgan fingerprint density at radius 2 is 2.08 bits per heavy atom. The molecule has 1 unspecified atom stereocenters. The molecular weight excluding hydrogens is 186 g/mol. The van der Waals surface area contributed by atoms with E-state index in [1.807, 2.05) is 13.2 Å². The van der Waals surface area contributed by atoms with Crippen molar-refractivity contribution in [1.82, 2.24) is 5.32 Å². The fraction of sp³-hybridized carbons (Fsp3) is 1.00. The van der Waals surface area contributed by atoms with Crippen LogP contribution in [0.15, 0.2) is 0 Å². The summed E-state index contributed by atoms with van der Waals surface area (Å²) in [6, 6.07) is 0. The Labute approximate surface area is 84.9 Å². The van der Waals surface area contributed by atoms with Crippen LogP contribution in [0.1, 0.15) is 19.8 Å². The van der Waals surface area contributed by atoms with E-state index in [9.17, 15) is 5.11 Å². The molecule has 0 heterocycles. The van der Waals surface area contributed by atoms with E-state index in [1.54, 1.807) is 11.8 Å². The summed E-state index contributed by atoms with van der Waals surface area (Å²) >= 11 is 1.65. The van der Waals surface area contributed by atoms with Crippen LogP contribution in [0.25, 0.3) is 0 Å². The number of rotatable bonds is 8. The third-order valence-electron chi connectivity index (χ3n) is 1.72. The van der Waals surface area contributed by atoms with Gasteiger partial charge in [-0.1, -0.05) is 0 Å². The minimum absolute atomic E-state index is 0.253. The Morgan fingerprint density at radius 1 is 1.38 bits per heavy atom. The third kappa shape index (κ3) is 8.56. The number of thioether (sulfide) groups is 1. The van der Waals surface area contributed by atoms with Crippen LogP contribution in [-0.2, 0) is 0 Å². The van der Waals surface area contributed by atoms with Crippen molar-refractivity contribution >= 4 is 11.8 Å². The van der Waals surface area contributed by atoms with Crippen molar-refractivity contribution < 1.29 is 10.2 Å². The summed E-state index contributed by atoms with van der Waals surface area (Å²) in [6.45, 7) is 3.58. The molecule has 4 heteroatoms. The molecule has 0 amide bonds. The van der Waals surface area contributed by atoms with Crippen LogP contribution in [0.3, 0.4) is 0 Å². The highest BCUT2D eigenvalue weighted by Crippen LogP contribution is 2.08. The fourth-order valence-electron chi connectivity index (χ4n) is 1.08. The Kier molecular flexibility index (Phi) is 7.75. The van der Waals surface area contributed by atoms with Gasteiger partial charge in [0.05, 0.1) is 5.60 Å². The molecule has 0 aliphatic carbocycles. The first-order valence-corrected chi connectivity index (χ1v) is 6.04. The van der Waals surface area contributed by atoms with Gasteiger partial charge in [-0.2, -0.15) is 11.8 Å². The van der Waals surface area contributed by atoms with Crippen molar-refractivity contribution in [1.29, 1.82) is 0 Å². The van der Waals surface area contributed by atoms with E-state index in [4.69, 9.17) is 5.11 Å². The fourth-order valence-corrected chi connectivity index (χ4v) is 1.81. The average molecular weight is 207 g/mol. The van der Waals surface area contributed by atoms with Gasteiger partial charge in [-0.15, -0.1) is 0 Å². The molecule has 0 spiro atoms. The van der Waals surface area contributed by atoms with Gasteiger partial charge in [0.1, 0.15) is 0 Å². The topological polar surface area (TPSA) is 52.5 Å². The van der Waals surface area contributed by atoms with Gasteiger partial charge in [-0.05, 0) is 32.6 Å². The molecule has 0 radical (unpaired) electrons. The summed E-state index contributed by atoms with van der Waals surface area (Å²) in [7, 11) is 0. The van der Waals surface area contributed by atoms with Crippen molar-refractivity contribution in [2.45, 2.75) is 25.4 Å². The summed E-state index contributed by atoms with van der Waals surface area (Å²) in [5.74, 6) is 0.750. The maximum Gasteiger partial charge on any atom is 0.0833 e. The summed E-state index contributed by atoms with van der Waals surface area (Å²) < 4.78 is 0. The van der Waals surface area contributed by atoms with Gasteiger partial charge in [0.2, 0.25) is 0 Å². The highest BCUT2D eigenvalue weighted by molar-refractivity contribution is 7.98. The summed E-state index contributed by atoms with van der Waals surface area (Å²) in [5.41, 5.74) is -0.612. The molecule has 0 bridgehead atoms. The highest BCUT2D eigenvalue weighted by atomic mass is 32.2. The van der Waals surface area contributed by atoms with E-state index >= 15 is 0 Å². The smallest absolute Gasteiger partial charge is 0.0833 e. The van der Waals surface area contributed by atoms with E-state index in [2.05, 4.69) is 5.32 Å². The molecular formula is C9H21NO2S. The maximum absolute atomic E-state index is 9.74. The van der Waals surface area contributed by atoms with Crippen molar-refractivity contribution in [3.8, 4) is 0 Å².